The predicted octanol–water partition coefficient (Wildman–Crippen LogP) is 4.15. The van der Waals surface area contributed by atoms with Crippen LogP contribution in [0, 0.1) is 5.82 Å². The van der Waals surface area contributed by atoms with Gasteiger partial charge in [0.25, 0.3) is 5.91 Å². The summed E-state index contributed by atoms with van der Waals surface area (Å²) in [4.78, 5) is 27.4. The fraction of sp³-hybridized carbons (Fsp3) is 0.0476. The quantitative estimate of drug-likeness (QED) is 0.648. The van der Waals surface area contributed by atoms with Gasteiger partial charge in [0.1, 0.15) is 5.82 Å². The number of rotatable bonds is 3. The minimum absolute atomic E-state index is 0.0669. The Hall–Kier alpha value is -2.83. The van der Waals surface area contributed by atoms with Crippen LogP contribution in [0.2, 0.25) is 5.02 Å². The molecule has 0 unspecified atom stereocenters. The summed E-state index contributed by atoms with van der Waals surface area (Å²) < 4.78 is 14.4. The van der Waals surface area contributed by atoms with Crippen LogP contribution in [0.25, 0.3) is 0 Å². The monoisotopic (exact) mass is 412 g/mol. The Labute approximate surface area is 169 Å². The molecule has 1 amide bonds. The molecular weight excluding hydrogens is 401 g/mol. The highest BCUT2D eigenvalue weighted by Crippen LogP contribution is 2.42. The first-order valence-electron chi connectivity index (χ1n) is 8.32. The van der Waals surface area contributed by atoms with Crippen molar-refractivity contribution in [2.45, 2.75) is 16.3 Å². The molecule has 1 aliphatic rings. The van der Waals surface area contributed by atoms with Crippen LogP contribution in [0.1, 0.15) is 26.3 Å². The number of carboxylic acid groups (broad SMARTS) is 1. The molecule has 3 aromatic carbocycles. The van der Waals surface area contributed by atoms with Crippen LogP contribution < -0.4 is 10.0 Å². The minimum Gasteiger partial charge on any atom is -0.545 e. The van der Waals surface area contributed by atoms with Gasteiger partial charge in [-0.25, -0.2) is 4.39 Å². The third-order valence-electron chi connectivity index (χ3n) is 4.45. The molecule has 3 aromatic rings. The topological polar surface area (TPSA) is 60.4 Å². The third kappa shape index (κ3) is 3.25. The smallest absolute Gasteiger partial charge is 0.259 e. The molecule has 4 rings (SSSR count). The summed E-state index contributed by atoms with van der Waals surface area (Å²) in [5, 5.41) is 11.5. The van der Waals surface area contributed by atoms with Gasteiger partial charge in [-0.3, -0.25) is 4.79 Å². The van der Waals surface area contributed by atoms with Crippen molar-refractivity contribution in [2.75, 3.05) is 4.90 Å². The molecular formula is C21H12ClFNO3S-. The maximum absolute atomic E-state index is 14.4. The normalized spacial score (nSPS) is 12.9. The van der Waals surface area contributed by atoms with Crippen LogP contribution in [0.3, 0.4) is 0 Å². The fourth-order valence-electron chi connectivity index (χ4n) is 3.05. The Balaban J connectivity index is 1.91. The molecule has 0 aliphatic carbocycles. The molecule has 140 valence electrons. The molecule has 0 saturated carbocycles. The lowest BCUT2D eigenvalue weighted by molar-refractivity contribution is -0.255. The van der Waals surface area contributed by atoms with Crippen LogP contribution in [0.15, 0.2) is 70.5 Å². The van der Waals surface area contributed by atoms with Gasteiger partial charge in [0.05, 0.1) is 23.8 Å². The lowest BCUT2D eigenvalue weighted by Gasteiger charge is -2.24. The Morgan fingerprint density at radius 1 is 1.07 bits per heavy atom. The van der Waals surface area contributed by atoms with Gasteiger partial charge in [0.15, 0.2) is 0 Å². The largest absolute Gasteiger partial charge is 0.545 e. The van der Waals surface area contributed by atoms with Crippen molar-refractivity contribution >= 4 is 40.9 Å². The lowest BCUT2D eigenvalue weighted by atomic mass is 10.1. The Morgan fingerprint density at radius 2 is 1.86 bits per heavy atom. The van der Waals surface area contributed by atoms with E-state index in [-0.39, 0.29) is 28.6 Å². The number of carbonyl (C=O) groups is 2. The summed E-state index contributed by atoms with van der Waals surface area (Å²) in [6, 6.07) is 15.8. The number of fused-ring (bicyclic) bond motifs is 2. The van der Waals surface area contributed by atoms with Crippen LogP contribution in [-0.4, -0.2) is 11.9 Å². The Morgan fingerprint density at radius 3 is 2.61 bits per heavy atom. The molecule has 0 N–H and O–H groups in total. The average Bonchev–Trinajstić information content (AvgIpc) is 2.79. The summed E-state index contributed by atoms with van der Waals surface area (Å²) >= 11 is 7.51. The zero-order valence-electron chi connectivity index (χ0n) is 14.3. The van der Waals surface area contributed by atoms with Crippen LogP contribution in [0.5, 0.6) is 0 Å². The van der Waals surface area contributed by atoms with E-state index >= 15 is 0 Å². The van der Waals surface area contributed by atoms with E-state index in [1.165, 1.54) is 40.9 Å². The number of carbonyl (C=O) groups excluding carboxylic acids is 2. The summed E-state index contributed by atoms with van der Waals surface area (Å²) in [5.41, 5.74) is 0.910. The number of benzene rings is 3. The number of aromatic carboxylic acids is 1. The highest BCUT2D eigenvalue weighted by Gasteiger charge is 2.29. The maximum Gasteiger partial charge on any atom is 0.259 e. The predicted molar refractivity (Wildman–Crippen MR) is 103 cm³/mol. The van der Waals surface area contributed by atoms with E-state index in [0.717, 1.165) is 4.90 Å². The van der Waals surface area contributed by atoms with Gasteiger partial charge in [-0.15, -0.1) is 0 Å². The van der Waals surface area contributed by atoms with Crippen molar-refractivity contribution in [3.63, 3.8) is 0 Å². The van der Waals surface area contributed by atoms with Crippen molar-refractivity contribution in [1.29, 1.82) is 0 Å². The SMILES string of the molecule is O=C([O-])c1ccc2c(c1)N(Cc1c(F)cccc1Cl)C(=O)c1ccccc1S2. The van der Waals surface area contributed by atoms with Gasteiger partial charge in [0.2, 0.25) is 0 Å². The van der Waals surface area contributed by atoms with E-state index in [1.54, 1.807) is 24.3 Å². The molecule has 0 saturated heterocycles. The summed E-state index contributed by atoms with van der Waals surface area (Å²) in [6.07, 6.45) is 0. The lowest BCUT2D eigenvalue weighted by Crippen LogP contribution is -2.31. The highest BCUT2D eigenvalue weighted by molar-refractivity contribution is 7.99. The zero-order valence-corrected chi connectivity index (χ0v) is 15.9. The molecule has 0 aromatic heterocycles. The molecule has 1 aliphatic heterocycles. The van der Waals surface area contributed by atoms with Gasteiger partial charge < -0.3 is 14.8 Å². The van der Waals surface area contributed by atoms with Crippen LogP contribution in [-0.2, 0) is 6.54 Å². The molecule has 0 radical (unpaired) electrons. The second-order valence-corrected chi connectivity index (χ2v) is 7.65. The number of hydrogen-bond acceptors (Lipinski definition) is 4. The van der Waals surface area contributed by atoms with Gasteiger partial charge >= 0.3 is 0 Å². The summed E-state index contributed by atoms with van der Waals surface area (Å²) in [6.45, 7) is -0.136. The van der Waals surface area contributed by atoms with E-state index in [2.05, 4.69) is 0 Å². The molecule has 1 heterocycles. The van der Waals surface area contributed by atoms with Crippen molar-refractivity contribution in [2.24, 2.45) is 0 Å². The Bertz CT molecular complexity index is 1100. The van der Waals surface area contributed by atoms with Gasteiger partial charge in [0, 0.05) is 20.4 Å². The highest BCUT2D eigenvalue weighted by atomic mass is 35.5. The standard InChI is InChI=1S/C21H13ClFNO3S/c22-15-5-3-6-16(23)14(15)11-24-17-10-12(21(26)27)8-9-19(17)28-18-7-2-1-4-13(18)20(24)25/h1-10H,11H2,(H,26,27)/p-1. The van der Waals surface area contributed by atoms with Crippen molar-refractivity contribution < 1.29 is 19.1 Å². The van der Waals surface area contributed by atoms with E-state index in [4.69, 9.17) is 11.6 Å². The molecule has 0 spiro atoms. The molecule has 0 bridgehead atoms. The summed E-state index contributed by atoms with van der Waals surface area (Å²) in [7, 11) is 0. The molecule has 0 fully saturated rings. The van der Waals surface area contributed by atoms with Gasteiger partial charge in [-0.2, -0.15) is 0 Å². The van der Waals surface area contributed by atoms with Gasteiger partial charge in [-0.1, -0.05) is 47.6 Å². The number of nitrogens with zero attached hydrogens (tertiary/aromatic N) is 1. The number of carboxylic acids is 1. The molecule has 4 nitrogen and oxygen atoms in total. The first kappa shape index (κ1) is 18.5. The van der Waals surface area contributed by atoms with E-state index in [1.807, 2.05) is 12.1 Å². The van der Waals surface area contributed by atoms with E-state index in [0.29, 0.717) is 16.1 Å². The number of amides is 1. The molecule has 7 heteroatoms. The van der Waals surface area contributed by atoms with Crippen LogP contribution >= 0.6 is 23.4 Å². The zero-order chi connectivity index (χ0) is 19.8. The fourth-order valence-corrected chi connectivity index (χ4v) is 4.33. The third-order valence-corrected chi connectivity index (χ3v) is 5.94. The van der Waals surface area contributed by atoms with Crippen molar-refractivity contribution in [3.05, 3.63) is 88.2 Å². The number of hydrogen-bond donors (Lipinski definition) is 0. The molecule has 28 heavy (non-hydrogen) atoms. The number of halogens is 2. The first-order valence-corrected chi connectivity index (χ1v) is 9.52. The van der Waals surface area contributed by atoms with Crippen LogP contribution in [0.4, 0.5) is 10.1 Å². The molecule has 0 atom stereocenters. The van der Waals surface area contributed by atoms with Gasteiger partial charge in [-0.05, 0) is 42.0 Å². The van der Waals surface area contributed by atoms with Crippen molar-refractivity contribution in [3.8, 4) is 0 Å². The van der Waals surface area contributed by atoms with E-state index in [9.17, 15) is 19.1 Å². The minimum atomic E-state index is -1.36. The second-order valence-electron chi connectivity index (χ2n) is 6.16. The van der Waals surface area contributed by atoms with Crippen molar-refractivity contribution in [1.82, 2.24) is 0 Å². The average molecular weight is 413 g/mol. The second kappa shape index (κ2) is 7.30. The summed E-state index contributed by atoms with van der Waals surface area (Å²) in [5.74, 6) is -2.26. The number of anilines is 1. The maximum atomic E-state index is 14.4. The Kier molecular flexibility index (Phi) is 4.83. The van der Waals surface area contributed by atoms with E-state index < -0.39 is 11.8 Å². The first-order chi connectivity index (χ1) is 13.5.